The van der Waals surface area contributed by atoms with Gasteiger partial charge in [0.15, 0.2) is 5.78 Å². The molecule has 4 nitrogen and oxygen atoms in total. The zero-order chi connectivity index (χ0) is 18.4. The molecule has 0 aliphatic carbocycles. The topological polar surface area (TPSA) is 55.4 Å². The van der Waals surface area contributed by atoms with Crippen LogP contribution in [0.2, 0.25) is 0 Å². The first kappa shape index (κ1) is 18.3. The summed E-state index contributed by atoms with van der Waals surface area (Å²) in [6.45, 7) is 1.42. The fourth-order valence-electron chi connectivity index (χ4n) is 1.95. The van der Waals surface area contributed by atoms with E-state index in [1.807, 2.05) is 0 Å². The monoisotopic (exact) mass is 349 g/mol. The van der Waals surface area contributed by atoms with E-state index in [1.165, 1.54) is 31.2 Å². The number of alkyl halides is 3. The first-order valence-corrected chi connectivity index (χ1v) is 7.19. The van der Waals surface area contributed by atoms with Crippen LogP contribution in [0.25, 0.3) is 6.08 Å². The highest BCUT2D eigenvalue weighted by Crippen LogP contribution is 2.23. The molecule has 0 spiro atoms. The van der Waals surface area contributed by atoms with Crippen molar-refractivity contribution in [1.29, 1.82) is 0 Å². The van der Waals surface area contributed by atoms with Gasteiger partial charge in [0.2, 0.25) is 5.91 Å². The molecule has 0 aromatic heterocycles. The Bertz CT molecular complexity index is 796. The number of carbonyl (C=O) groups excluding carboxylic acids is 2. The third kappa shape index (κ3) is 6.14. The molecular formula is C18H14F3NO3. The average molecular weight is 349 g/mol. The molecule has 0 aliphatic rings. The Balaban J connectivity index is 1.98. The van der Waals surface area contributed by atoms with Gasteiger partial charge in [-0.25, -0.2) is 0 Å². The maximum absolute atomic E-state index is 12.1. The minimum atomic E-state index is -4.74. The lowest BCUT2D eigenvalue weighted by Crippen LogP contribution is -2.16. The lowest BCUT2D eigenvalue weighted by molar-refractivity contribution is -0.274. The van der Waals surface area contributed by atoms with E-state index in [9.17, 15) is 22.8 Å². The number of benzene rings is 2. The number of hydrogen-bond acceptors (Lipinski definition) is 3. The molecule has 0 saturated carbocycles. The molecule has 7 heteroatoms. The van der Waals surface area contributed by atoms with Gasteiger partial charge in [-0.1, -0.05) is 24.3 Å². The van der Waals surface area contributed by atoms with Crippen LogP contribution in [0.5, 0.6) is 5.75 Å². The lowest BCUT2D eigenvalue weighted by atomic mass is 10.1. The van der Waals surface area contributed by atoms with Crippen molar-refractivity contribution < 1.29 is 27.5 Å². The van der Waals surface area contributed by atoms with Crippen LogP contribution >= 0.6 is 0 Å². The van der Waals surface area contributed by atoms with Crippen molar-refractivity contribution in [3.05, 3.63) is 65.7 Å². The fourth-order valence-corrected chi connectivity index (χ4v) is 1.95. The molecule has 2 aromatic carbocycles. The van der Waals surface area contributed by atoms with E-state index in [0.29, 0.717) is 16.8 Å². The van der Waals surface area contributed by atoms with Crippen molar-refractivity contribution in [2.75, 3.05) is 5.32 Å². The van der Waals surface area contributed by atoms with E-state index >= 15 is 0 Å². The van der Waals surface area contributed by atoms with Gasteiger partial charge >= 0.3 is 6.36 Å². The summed E-state index contributed by atoms with van der Waals surface area (Å²) in [4.78, 5) is 23.2. The number of nitrogens with one attached hydrogen (secondary N) is 1. The molecule has 2 rings (SSSR count). The van der Waals surface area contributed by atoms with Crippen molar-refractivity contribution in [2.45, 2.75) is 13.3 Å². The number of ketones is 1. The number of halogens is 3. The molecule has 0 unspecified atom stereocenters. The number of hydrogen-bond donors (Lipinski definition) is 1. The minimum absolute atomic E-state index is 0.118. The van der Waals surface area contributed by atoms with Gasteiger partial charge in [-0.15, -0.1) is 13.2 Å². The highest BCUT2D eigenvalue weighted by atomic mass is 19.4. The summed E-state index contributed by atoms with van der Waals surface area (Å²) >= 11 is 0. The third-order valence-electron chi connectivity index (χ3n) is 3.08. The van der Waals surface area contributed by atoms with Crippen molar-refractivity contribution in [2.24, 2.45) is 0 Å². The summed E-state index contributed by atoms with van der Waals surface area (Å²) in [5.74, 6) is -0.890. The smallest absolute Gasteiger partial charge is 0.406 e. The van der Waals surface area contributed by atoms with Crippen LogP contribution in [0.1, 0.15) is 22.8 Å². The first-order valence-electron chi connectivity index (χ1n) is 7.19. The van der Waals surface area contributed by atoms with E-state index in [4.69, 9.17) is 0 Å². The van der Waals surface area contributed by atoms with Crippen LogP contribution in [-0.2, 0) is 4.79 Å². The second-order valence-corrected chi connectivity index (χ2v) is 5.08. The molecule has 0 aliphatic heterocycles. The van der Waals surface area contributed by atoms with E-state index in [2.05, 4.69) is 10.1 Å². The Morgan fingerprint density at radius 3 is 2.36 bits per heavy atom. The van der Waals surface area contributed by atoms with Gasteiger partial charge in [-0.05, 0) is 42.8 Å². The van der Waals surface area contributed by atoms with Crippen molar-refractivity contribution in [1.82, 2.24) is 0 Å². The van der Waals surface area contributed by atoms with Gasteiger partial charge in [0.05, 0.1) is 0 Å². The molecule has 0 heterocycles. The predicted octanol–water partition coefficient (Wildman–Crippen LogP) is 4.44. The number of rotatable bonds is 5. The normalized spacial score (nSPS) is 11.4. The summed E-state index contributed by atoms with van der Waals surface area (Å²) in [5, 5.41) is 2.60. The fraction of sp³-hybridized carbons (Fsp3) is 0.111. The number of ether oxygens (including phenoxy) is 1. The van der Waals surface area contributed by atoms with Crippen LogP contribution in [0.15, 0.2) is 54.6 Å². The molecule has 2 aromatic rings. The van der Waals surface area contributed by atoms with Crippen LogP contribution in [0.3, 0.4) is 0 Å². The van der Waals surface area contributed by atoms with Gasteiger partial charge in [0, 0.05) is 17.3 Å². The highest BCUT2D eigenvalue weighted by Gasteiger charge is 2.30. The van der Waals surface area contributed by atoms with E-state index in [-0.39, 0.29) is 11.5 Å². The maximum atomic E-state index is 12.1. The molecule has 0 fully saturated rings. The molecule has 1 amide bonds. The van der Waals surface area contributed by atoms with Crippen LogP contribution < -0.4 is 10.1 Å². The van der Waals surface area contributed by atoms with Crippen molar-refractivity contribution >= 4 is 23.5 Å². The Kier molecular flexibility index (Phi) is 5.59. The molecule has 1 N–H and O–H groups in total. The van der Waals surface area contributed by atoms with Crippen molar-refractivity contribution in [3.8, 4) is 5.75 Å². The van der Waals surface area contributed by atoms with Gasteiger partial charge in [-0.3, -0.25) is 9.59 Å². The van der Waals surface area contributed by atoms with Crippen LogP contribution in [-0.4, -0.2) is 18.1 Å². The maximum Gasteiger partial charge on any atom is 0.573 e. The summed E-state index contributed by atoms with van der Waals surface area (Å²) in [5.41, 5.74) is 1.47. The van der Waals surface area contributed by atoms with E-state index in [1.54, 1.807) is 24.3 Å². The molecule has 25 heavy (non-hydrogen) atoms. The number of Topliss-reactive ketones (excluding diaryl/α,β-unsaturated/α-hetero) is 1. The zero-order valence-corrected chi connectivity index (χ0v) is 13.1. The molecular weight excluding hydrogens is 335 g/mol. The standard InChI is InChI=1S/C18H14F3NO3/c1-12(23)14-3-2-4-15(11-14)22-17(24)10-7-13-5-8-16(9-6-13)25-18(19,20)21/h2-11H,1H3,(H,22,24). The molecule has 0 atom stereocenters. The van der Waals surface area contributed by atoms with Gasteiger partial charge in [0.1, 0.15) is 5.75 Å². The van der Waals surface area contributed by atoms with Crippen LogP contribution in [0.4, 0.5) is 18.9 Å². The lowest BCUT2D eigenvalue weighted by Gasteiger charge is -2.08. The molecule has 0 radical (unpaired) electrons. The third-order valence-corrected chi connectivity index (χ3v) is 3.08. The van der Waals surface area contributed by atoms with Gasteiger partial charge < -0.3 is 10.1 Å². The SMILES string of the molecule is CC(=O)c1cccc(NC(=O)C=Cc2ccc(OC(F)(F)F)cc2)c1. The summed E-state index contributed by atoms with van der Waals surface area (Å²) in [7, 11) is 0. The number of anilines is 1. The molecule has 0 saturated heterocycles. The average Bonchev–Trinajstić information content (AvgIpc) is 2.53. The summed E-state index contributed by atoms with van der Waals surface area (Å²) in [6.07, 6.45) is -2.06. The Morgan fingerprint density at radius 2 is 1.76 bits per heavy atom. The minimum Gasteiger partial charge on any atom is -0.406 e. The van der Waals surface area contributed by atoms with Crippen molar-refractivity contribution in [3.63, 3.8) is 0 Å². The highest BCUT2D eigenvalue weighted by molar-refractivity contribution is 6.03. The Labute approximate surface area is 141 Å². The van der Waals surface area contributed by atoms with Crippen LogP contribution in [0, 0.1) is 0 Å². The molecule has 130 valence electrons. The summed E-state index contributed by atoms with van der Waals surface area (Å²) in [6, 6.07) is 11.6. The molecule has 0 bridgehead atoms. The Morgan fingerprint density at radius 1 is 1.08 bits per heavy atom. The Hall–Kier alpha value is -3.09. The van der Waals surface area contributed by atoms with E-state index < -0.39 is 12.3 Å². The number of amides is 1. The van der Waals surface area contributed by atoms with Gasteiger partial charge in [-0.2, -0.15) is 0 Å². The predicted molar refractivity (Wildman–Crippen MR) is 87.2 cm³/mol. The second-order valence-electron chi connectivity index (χ2n) is 5.08. The summed E-state index contributed by atoms with van der Waals surface area (Å²) < 4.78 is 40.0. The largest absolute Gasteiger partial charge is 0.573 e. The zero-order valence-electron chi connectivity index (χ0n) is 13.1. The van der Waals surface area contributed by atoms with Gasteiger partial charge in [0.25, 0.3) is 0 Å². The van der Waals surface area contributed by atoms with E-state index in [0.717, 1.165) is 12.1 Å². The quantitative estimate of drug-likeness (QED) is 0.641. The second kappa shape index (κ2) is 7.65. The first-order chi connectivity index (χ1) is 11.7. The number of carbonyl (C=O) groups is 2.